The number of hydrogen-bond donors (Lipinski definition) is 0. The first-order valence-electron chi connectivity index (χ1n) is 6.70. The van der Waals surface area contributed by atoms with E-state index in [2.05, 4.69) is 4.98 Å². The first-order chi connectivity index (χ1) is 11.0. The number of cyclic esters (lactones) is 1. The van der Waals surface area contributed by atoms with Gasteiger partial charge in [-0.25, -0.2) is 4.98 Å². The lowest BCUT2D eigenvalue weighted by atomic mass is 9.96. The molecule has 116 valence electrons. The van der Waals surface area contributed by atoms with Crippen molar-refractivity contribution in [3.8, 4) is 10.8 Å². The fourth-order valence-electron chi connectivity index (χ4n) is 2.04. The number of furan rings is 1. The molecule has 0 spiro atoms. The van der Waals surface area contributed by atoms with Crippen molar-refractivity contribution >= 4 is 34.9 Å². The molecule has 2 aromatic rings. The van der Waals surface area contributed by atoms with E-state index in [1.807, 2.05) is 0 Å². The maximum absolute atomic E-state index is 12.1. The van der Waals surface area contributed by atoms with E-state index in [1.165, 1.54) is 30.4 Å². The average Bonchev–Trinajstić information content (AvgIpc) is 3.15. The number of ether oxygens (including phenoxy) is 1. The monoisotopic (exact) mass is 329 g/mol. The van der Waals surface area contributed by atoms with Gasteiger partial charge in [-0.05, 0) is 31.2 Å². The average molecular weight is 329 g/mol. The number of carbonyl (C=O) groups is 3. The summed E-state index contributed by atoms with van der Waals surface area (Å²) in [6, 6.07) is 3.54. The fourth-order valence-corrected chi connectivity index (χ4v) is 2.80. The van der Waals surface area contributed by atoms with Crippen LogP contribution in [0.3, 0.4) is 0 Å². The van der Waals surface area contributed by atoms with Gasteiger partial charge in [0.05, 0.1) is 12.0 Å². The number of hydrogen-bond acceptors (Lipinski definition) is 7. The summed E-state index contributed by atoms with van der Waals surface area (Å²) in [4.78, 5) is 39.8. The second-order valence-electron chi connectivity index (χ2n) is 4.80. The number of nitrogens with zero attached hydrogens (tertiary/aromatic N) is 1. The van der Waals surface area contributed by atoms with E-state index in [0.29, 0.717) is 16.5 Å². The van der Waals surface area contributed by atoms with Crippen molar-refractivity contribution < 1.29 is 23.5 Å². The number of thiazole rings is 1. The van der Waals surface area contributed by atoms with Crippen molar-refractivity contribution in [2.75, 3.05) is 0 Å². The van der Waals surface area contributed by atoms with Crippen LogP contribution in [0.15, 0.2) is 46.1 Å². The van der Waals surface area contributed by atoms with Gasteiger partial charge in [-0.1, -0.05) is 0 Å². The summed E-state index contributed by atoms with van der Waals surface area (Å²) in [6.07, 6.45) is 5.32. The highest BCUT2D eigenvalue weighted by atomic mass is 32.1. The third-order valence-electron chi connectivity index (χ3n) is 3.08. The van der Waals surface area contributed by atoms with Crippen molar-refractivity contribution in [3.05, 3.63) is 47.4 Å². The number of ketones is 2. The Morgan fingerprint density at radius 3 is 2.91 bits per heavy atom. The second kappa shape index (κ2) is 6.13. The third kappa shape index (κ3) is 3.19. The first-order valence-corrected chi connectivity index (χ1v) is 7.58. The molecule has 0 amide bonds. The van der Waals surface area contributed by atoms with Gasteiger partial charge in [0.15, 0.2) is 28.3 Å². The van der Waals surface area contributed by atoms with Crippen molar-refractivity contribution in [3.63, 3.8) is 0 Å². The zero-order valence-electron chi connectivity index (χ0n) is 12.0. The Balaban J connectivity index is 1.74. The predicted octanol–water partition coefficient (Wildman–Crippen LogP) is 2.63. The number of allylic oxidation sites excluding steroid dienone is 3. The van der Waals surface area contributed by atoms with Crippen LogP contribution in [-0.2, 0) is 19.1 Å². The van der Waals surface area contributed by atoms with Gasteiger partial charge in [-0.15, -0.1) is 11.3 Å². The van der Waals surface area contributed by atoms with Crippen molar-refractivity contribution in [1.82, 2.24) is 4.98 Å². The highest BCUT2D eigenvalue weighted by molar-refractivity contribution is 7.13. The summed E-state index contributed by atoms with van der Waals surface area (Å²) < 4.78 is 10.1. The van der Waals surface area contributed by atoms with E-state index in [1.54, 1.807) is 23.8 Å². The number of aromatic nitrogens is 1. The molecule has 0 saturated heterocycles. The maximum Gasteiger partial charge on any atom is 0.329 e. The number of esters is 1. The molecule has 23 heavy (non-hydrogen) atoms. The second-order valence-corrected chi connectivity index (χ2v) is 5.66. The van der Waals surface area contributed by atoms with Crippen LogP contribution in [-0.4, -0.2) is 22.5 Å². The van der Waals surface area contributed by atoms with Crippen LogP contribution in [0.25, 0.3) is 16.8 Å². The minimum atomic E-state index is -1.43. The van der Waals surface area contributed by atoms with Gasteiger partial charge in [0.1, 0.15) is 5.76 Å². The zero-order chi connectivity index (χ0) is 16.4. The SMILES string of the molecule is CC1=CC(=O)C(C(=O)/C=C/c2csc(-c3ccco3)n2)C(=O)O1. The lowest BCUT2D eigenvalue weighted by molar-refractivity contribution is -0.151. The predicted molar refractivity (Wildman–Crippen MR) is 82.2 cm³/mol. The molecule has 1 aliphatic heterocycles. The summed E-state index contributed by atoms with van der Waals surface area (Å²) in [5.41, 5.74) is 0.540. The van der Waals surface area contributed by atoms with Gasteiger partial charge in [0.25, 0.3) is 0 Å². The molecule has 0 bridgehead atoms. The Hall–Kier alpha value is -2.80. The summed E-state index contributed by atoms with van der Waals surface area (Å²) in [5.74, 6) is -2.65. The normalized spacial score (nSPS) is 18.1. The van der Waals surface area contributed by atoms with E-state index in [9.17, 15) is 14.4 Å². The minimum absolute atomic E-state index is 0.190. The largest absolute Gasteiger partial charge is 0.462 e. The molecule has 0 aromatic carbocycles. The lowest BCUT2D eigenvalue weighted by Gasteiger charge is -2.15. The van der Waals surface area contributed by atoms with Gasteiger partial charge in [-0.2, -0.15) is 0 Å². The van der Waals surface area contributed by atoms with Crippen LogP contribution in [0.5, 0.6) is 0 Å². The molecule has 3 heterocycles. The minimum Gasteiger partial charge on any atom is -0.462 e. The smallest absolute Gasteiger partial charge is 0.329 e. The standard InChI is InChI=1S/C16H11NO5S/c1-9-7-12(19)14(16(20)22-9)11(18)5-4-10-8-23-15(17-10)13-3-2-6-21-13/h2-8,14H,1H3/b5-4+. The van der Waals surface area contributed by atoms with Gasteiger partial charge < -0.3 is 9.15 Å². The van der Waals surface area contributed by atoms with Gasteiger partial charge in [0, 0.05) is 11.5 Å². The molecule has 1 aliphatic rings. The van der Waals surface area contributed by atoms with Crippen molar-refractivity contribution in [2.45, 2.75) is 6.92 Å². The topological polar surface area (TPSA) is 86.5 Å². The Labute approximate surface area is 135 Å². The highest BCUT2D eigenvalue weighted by Crippen LogP contribution is 2.24. The van der Waals surface area contributed by atoms with E-state index in [4.69, 9.17) is 9.15 Å². The molecular formula is C16H11NO5S. The quantitative estimate of drug-likeness (QED) is 0.487. The highest BCUT2D eigenvalue weighted by Gasteiger charge is 2.36. The van der Waals surface area contributed by atoms with Crippen LogP contribution < -0.4 is 0 Å². The van der Waals surface area contributed by atoms with Gasteiger partial charge >= 0.3 is 5.97 Å². The molecule has 0 fully saturated rings. The maximum atomic E-state index is 12.1. The first kappa shape index (κ1) is 15.1. The molecular weight excluding hydrogens is 318 g/mol. The van der Waals surface area contributed by atoms with E-state index in [0.717, 1.165) is 6.08 Å². The Kier molecular flexibility index (Phi) is 4.03. The molecule has 1 atom stereocenters. The van der Waals surface area contributed by atoms with Crippen molar-refractivity contribution in [1.29, 1.82) is 0 Å². The molecule has 1 unspecified atom stereocenters. The molecule has 0 aliphatic carbocycles. The summed E-state index contributed by atoms with van der Waals surface area (Å²) in [7, 11) is 0. The Morgan fingerprint density at radius 1 is 1.39 bits per heavy atom. The molecule has 6 nitrogen and oxygen atoms in total. The molecule has 0 saturated carbocycles. The van der Waals surface area contributed by atoms with E-state index >= 15 is 0 Å². The molecule has 7 heteroatoms. The molecule has 0 N–H and O–H groups in total. The van der Waals surface area contributed by atoms with E-state index < -0.39 is 23.5 Å². The summed E-state index contributed by atoms with van der Waals surface area (Å²) in [5, 5.41) is 2.42. The Bertz CT molecular complexity index is 829. The van der Waals surface area contributed by atoms with E-state index in [-0.39, 0.29) is 5.76 Å². The molecule has 3 rings (SSSR count). The van der Waals surface area contributed by atoms with Gasteiger partial charge in [0.2, 0.25) is 0 Å². The van der Waals surface area contributed by atoms with Gasteiger partial charge in [-0.3, -0.25) is 14.4 Å². The zero-order valence-corrected chi connectivity index (χ0v) is 12.8. The van der Waals surface area contributed by atoms with Crippen LogP contribution in [0, 0.1) is 5.92 Å². The third-order valence-corrected chi connectivity index (χ3v) is 3.96. The Morgan fingerprint density at radius 2 is 2.22 bits per heavy atom. The molecule has 2 aromatic heterocycles. The number of carbonyl (C=O) groups excluding carboxylic acids is 3. The van der Waals surface area contributed by atoms with Crippen LogP contribution in [0.2, 0.25) is 0 Å². The van der Waals surface area contributed by atoms with Crippen LogP contribution >= 0.6 is 11.3 Å². The van der Waals surface area contributed by atoms with Crippen LogP contribution in [0.4, 0.5) is 0 Å². The summed E-state index contributed by atoms with van der Waals surface area (Å²) in [6.45, 7) is 1.48. The molecule has 0 radical (unpaired) electrons. The lowest BCUT2D eigenvalue weighted by Crippen LogP contribution is -2.34. The van der Waals surface area contributed by atoms with Crippen LogP contribution in [0.1, 0.15) is 12.6 Å². The summed E-state index contributed by atoms with van der Waals surface area (Å²) >= 11 is 1.36. The fraction of sp³-hybridized carbons (Fsp3) is 0.125. The van der Waals surface area contributed by atoms with Crippen molar-refractivity contribution in [2.24, 2.45) is 5.92 Å². The number of rotatable bonds is 4.